The van der Waals surface area contributed by atoms with E-state index in [1.165, 1.54) is 0 Å². The van der Waals surface area contributed by atoms with Crippen LogP contribution in [0.2, 0.25) is 0 Å². The standard InChI is InChI=1S/C29H30N4O3/c30-27(31)23-12-7-13-24(19-23)28(35)32-25(18-20-8-3-1-4-9-20)29(36)33-16-14-22(15-17-33)26(34)21-10-5-2-6-11-21/h1-13,19,22,25H,14-18H2,(H3,30,31)(H,32,35)/t25-/m1/s1. The number of benzene rings is 3. The van der Waals surface area contributed by atoms with Crippen molar-refractivity contribution in [3.8, 4) is 0 Å². The van der Waals surface area contributed by atoms with Crippen LogP contribution in [0.5, 0.6) is 0 Å². The van der Waals surface area contributed by atoms with Crippen molar-refractivity contribution in [1.82, 2.24) is 10.2 Å². The zero-order valence-electron chi connectivity index (χ0n) is 20.0. The molecule has 3 aromatic rings. The number of amides is 2. The molecule has 7 heteroatoms. The first-order chi connectivity index (χ1) is 17.4. The summed E-state index contributed by atoms with van der Waals surface area (Å²) in [5.74, 6) is -0.702. The Labute approximate surface area is 210 Å². The number of Topliss-reactive ketones (excluding diaryl/α,β-unsaturated/α-hetero) is 1. The second kappa shape index (κ2) is 11.4. The summed E-state index contributed by atoms with van der Waals surface area (Å²) in [7, 11) is 0. The first-order valence-electron chi connectivity index (χ1n) is 12.1. The number of hydrogen-bond acceptors (Lipinski definition) is 4. The Kier molecular flexibility index (Phi) is 7.90. The predicted octanol–water partition coefficient (Wildman–Crippen LogP) is 3.43. The lowest BCUT2D eigenvalue weighted by molar-refractivity contribution is -0.134. The lowest BCUT2D eigenvalue weighted by Crippen LogP contribution is -2.52. The van der Waals surface area contributed by atoms with Gasteiger partial charge in [-0.1, -0.05) is 72.8 Å². The van der Waals surface area contributed by atoms with Crippen molar-refractivity contribution in [2.75, 3.05) is 13.1 Å². The Morgan fingerprint density at radius 1 is 0.861 bits per heavy atom. The van der Waals surface area contributed by atoms with Crippen molar-refractivity contribution >= 4 is 23.4 Å². The molecule has 4 rings (SSSR count). The average molecular weight is 483 g/mol. The van der Waals surface area contributed by atoms with E-state index in [9.17, 15) is 14.4 Å². The zero-order chi connectivity index (χ0) is 25.5. The van der Waals surface area contributed by atoms with Crippen LogP contribution in [0.15, 0.2) is 84.9 Å². The van der Waals surface area contributed by atoms with Gasteiger partial charge in [0.2, 0.25) is 5.91 Å². The number of likely N-dealkylation sites (tertiary alicyclic amines) is 1. The van der Waals surface area contributed by atoms with E-state index in [0.29, 0.717) is 49.0 Å². The molecule has 1 fully saturated rings. The largest absolute Gasteiger partial charge is 0.384 e. The van der Waals surface area contributed by atoms with Gasteiger partial charge in [-0.3, -0.25) is 19.8 Å². The third-order valence-corrected chi connectivity index (χ3v) is 6.56. The van der Waals surface area contributed by atoms with Gasteiger partial charge < -0.3 is 16.0 Å². The minimum absolute atomic E-state index is 0.113. The van der Waals surface area contributed by atoms with Crippen molar-refractivity contribution in [1.29, 1.82) is 5.41 Å². The molecule has 1 atom stereocenters. The van der Waals surface area contributed by atoms with E-state index in [0.717, 1.165) is 5.56 Å². The Balaban J connectivity index is 1.46. The summed E-state index contributed by atoms with van der Waals surface area (Å²) in [6.45, 7) is 0.923. The van der Waals surface area contributed by atoms with E-state index < -0.39 is 11.9 Å². The molecule has 36 heavy (non-hydrogen) atoms. The fourth-order valence-corrected chi connectivity index (χ4v) is 4.54. The number of ketones is 1. The van der Waals surface area contributed by atoms with Gasteiger partial charge in [-0.2, -0.15) is 0 Å². The number of nitrogen functional groups attached to an aromatic ring is 1. The van der Waals surface area contributed by atoms with Crippen LogP contribution in [0.4, 0.5) is 0 Å². The predicted molar refractivity (Wildman–Crippen MR) is 139 cm³/mol. The number of piperidine rings is 1. The molecule has 0 bridgehead atoms. The molecule has 184 valence electrons. The Morgan fingerprint density at radius 3 is 2.08 bits per heavy atom. The van der Waals surface area contributed by atoms with Gasteiger partial charge in [0, 0.05) is 42.1 Å². The highest BCUT2D eigenvalue weighted by Crippen LogP contribution is 2.23. The number of rotatable bonds is 8. The van der Waals surface area contributed by atoms with Crippen molar-refractivity contribution in [2.45, 2.75) is 25.3 Å². The molecule has 0 aliphatic carbocycles. The lowest BCUT2D eigenvalue weighted by Gasteiger charge is -2.34. The molecule has 4 N–H and O–H groups in total. The summed E-state index contributed by atoms with van der Waals surface area (Å²) in [4.78, 5) is 41.2. The van der Waals surface area contributed by atoms with Gasteiger partial charge in [0.1, 0.15) is 11.9 Å². The van der Waals surface area contributed by atoms with Crippen molar-refractivity contribution in [3.63, 3.8) is 0 Å². The second-order valence-electron chi connectivity index (χ2n) is 9.04. The van der Waals surface area contributed by atoms with Crippen LogP contribution in [0.3, 0.4) is 0 Å². The van der Waals surface area contributed by atoms with E-state index in [1.54, 1.807) is 29.2 Å². The van der Waals surface area contributed by atoms with Crippen molar-refractivity contribution in [2.24, 2.45) is 11.7 Å². The monoisotopic (exact) mass is 482 g/mol. The normalized spacial score (nSPS) is 14.6. The van der Waals surface area contributed by atoms with E-state index in [4.69, 9.17) is 11.1 Å². The van der Waals surface area contributed by atoms with E-state index >= 15 is 0 Å². The Bertz CT molecular complexity index is 1240. The Hall–Kier alpha value is -4.26. The quantitative estimate of drug-likeness (QED) is 0.259. The minimum Gasteiger partial charge on any atom is -0.384 e. The maximum atomic E-state index is 13.6. The molecular formula is C29H30N4O3. The first-order valence-corrected chi connectivity index (χ1v) is 12.1. The molecule has 2 amide bonds. The molecule has 7 nitrogen and oxygen atoms in total. The average Bonchev–Trinajstić information content (AvgIpc) is 2.93. The fourth-order valence-electron chi connectivity index (χ4n) is 4.54. The molecule has 1 saturated heterocycles. The maximum Gasteiger partial charge on any atom is 0.251 e. The van der Waals surface area contributed by atoms with Crippen LogP contribution in [0.25, 0.3) is 0 Å². The van der Waals surface area contributed by atoms with E-state index in [2.05, 4.69) is 5.32 Å². The number of hydrogen-bond donors (Lipinski definition) is 3. The van der Waals surface area contributed by atoms with Crippen LogP contribution >= 0.6 is 0 Å². The molecule has 0 spiro atoms. The summed E-state index contributed by atoms with van der Waals surface area (Å²) in [5.41, 5.74) is 7.98. The third-order valence-electron chi connectivity index (χ3n) is 6.56. The van der Waals surface area contributed by atoms with Crippen LogP contribution in [0.1, 0.15) is 44.7 Å². The molecule has 0 unspecified atom stereocenters. The SMILES string of the molecule is N=C(N)c1cccc(C(=O)N[C@H](Cc2ccccc2)C(=O)N2CCC(C(=O)c3ccccc3)CC2)c1. The number of carbonyl (C=O) groups is 3. The summed E-state index contributed by atoms with van der Waals surface area (Å²) in [6.07, 6.45) is 1.53. The van der Waals surface area contributed by atoms with Gasteiger partial charge >= 0.3 is 0 Å². The van der Waals surface area contributed by atoms with Crippen LogP contribution in [-0.4, -0.2) is 47.5 Å². The second-order valence-corrected chi connectivity index (χ2v) is 9.04. The summed E-state index contributed by atoms with van der Waals surface area (Å²) < 4.78 is 0. The molecule has 0 radical (unpaired) electrons. The molecular weight excluding hydrogens is 452 g/mol. The van der Waals surface area contributed by atoms with Gasteiger partial charge in [0.15, 0.2) is 5.78 Å². The zero-order valence-corrected chi connectivity index (χ0v) is 20.0. The smallest absolute Gasteiger partial charge is 0.251 e. The third kappa shape index (κ3) is 6.05. The van der Waals surface area contributed by atoms with E-state index in [1.807, 2.05) is 60.7 Å². The molecule has 1 aliphatic heterocycles. The number of nitrogens with zero attached hydrogens (tertiary/aromatic N) is 1. The first kappa shape index (κ1) is 24.9. The number of amidine groups is 1. The number of nitrogens with two attached hydrogens (primary N) is 1. The van der Waals surface area contributed by atoms with Crippen LogP contribution < -0.4 is 11.1 Å². The highest BCUT2D eigenvalue weighted by Gasteiger charge is 2.32. The van der Waals surface area contributed by atoms with Crippen molar-refractivity contribution in [3.05, 3.63) is 107 Å². The highest BCUT2D eigenvalue weighted by atomic mass is 16.2. The number of carbonyl (C=O) groups excluding carboxylic acids is 3. The highest BCUT2D eigenvalue weighted by molar-refractivity contribution is 6.01. The van der Waals surface area contributed by atoms with Crippen LogP contribution in [-0.2, 0) is 11.2 Å². The molecule has 1 heterocycles. The molecule has 3 aromatic carbocycles. The van der Waals surface area contributed by atoms with Gasteiger partial charge in [0.05, 0.1) is 0 Å². The van der Waals surface area contributed by atoms with Gasteiger partial charge in [-0.25, -0.2) is 0 Å². The maximum absolute atomic E-state index is 13.6. The lowest BCUT2D eigenvalue weighted by atomic mass is 9.88. The van der Waals surface area contributed by atoms with Gasteiger partial charge in [-0.05, 0) is 30.5 Å². The van der Waals surface area contributed by atoms with Gasteiger partial charge in [-0.15, -0.1) is 0 Å². The Morgan fingerprint density at radius 2 is 1.44 bits per heavy atom. The summed E-state index contributed by atoms with van der Waals surface area (Å²) in [6, 6.07) is 24.5. The summed E-state index contributed by atoms with van der Waals surface area (Å²) in [5, 5.41) is 10.5. The van der Waals surface area contributed by atoms with E-state index in [-0.39, 0.29) is 23.4 Å². The van der Waals surface area contributed by atoms with Crippen LogP contribution in [0, 0.1) is 11.3 Å². The summed E-state index contributed by atoms with van der Waals surface area (Å²) >= 11 is 0. The molecule has 0 aromatic heterocycles. The topological polar surface area (TPSA) is 116 Å². The number of nitrogens with one attached hydrogen (secondary N) is 2. The van der Waals surface area contributed by atoms with Crippen molar-refractivity contribution < 1.29 is 14.4 Å². The molecule has 0 saturated carbocycles. The molecule has 1 aliphatic rings. The minimum atomic E-state index is -0.762. The van der Waals surface area contributed by atoms with Gasteiger partial charge in [0.25, 0.3) is 5.91 Å². The fraction of sp³-hybridized carbons (Fsp3) is 0.241.